The van der Waals surface area contributed by atoms with Gasteiger partial charge < -0.3 is 10.4 Å². The summed E-state index contributed by atoms with van der Waals surface area (Å²) in [7, 11) is 0. The van der Waals surface area contributed by atoms with Crippen LogP contribution in [0.25, 0.3) is 0 Å². The number of pyridine rings is 1. The van der Waals surface area contributed by atoms with Gasteiger partial charge in [0.15, 0.2) is 0 Å². The normalized spacial score (nSPS) is 10.3. The summed E-state index contributed by atoms with van der Waals surface area (Å²) in [5.74, 6) is 0.295. The molecular weight excluding hydrogens is 308 g/mol. The Morgan fingerprint density at radius 2 is 2.00 bits per heavy atom. The van der Waals surface area contributed by atoms with Crippen LogP contribution in [0.3, 0.4) is 0 Å². The predicted octanol–water partition coefficient (Wildman–Crippen LogP) is 3.42. The monoisotopic (exact) mass is 320 g/mol. The molecule has 0 bridgehead atoms. The van der Waals surface area contributed by atoms with Crippen LogP contribution < -0.4 is 5.32 Å². The molecule has 0 aliphatic heterocycles. The fraction of sp³-hybridized carbons (Fsp3) is 0.143. The number of aryl methyl sites for hydroxylation is 1. The Hall–Kier alpha value is -1.88. The summed E-state index contributed by atoms with van der Waals surface area (Å²) >= 11 is 3.35. The van der Waals surface area contributed by atoms with Gasteiger partial charge in [0.1, 0.15) is 11.6 Å². The first-order chi connectivity index (χ1) is 8.99. The quantitative estimate of drug-likeness (QED) is 0.891. The van der Waals surface area contributed by atoms with E-state index < -0.39 is 0 Å². The number of benzene rings is 1. The number of nitrogens with zero attached hydrogens (tertiary/aromatic N) is 1. The second-order valence-corrected chi connectivity index (χ2v) is 5.02. The van der Waals surface area contributed by atoms with Gasteiger partial charge in [0, 0.05) is 15.6 Å². The van der Waals surface area contributed by atoms with Gasteiger partial charge >= 0.3 is 0 Å². The number of hydrogen-bond acceptors (Lipinski definition) is 3. The SMILES string of the molecule is Cc1nc(NC(=O)c2cccc(O)c2C)ccc1Br. The van der Waals surface area contributed by atoms with Crippen LogP contribution in [0.5, 0.6) is 5.75 Å². The standard InChI is InChI=1S/C14H13BrN2O2/c1-8-10(4-3-5-12(8)18)14(19)17-13-7-6-11(15)9(2)16-13/h3-7,18H,1-2H3,(H,16,17,19). The summed E-state index contributed by atoms with van der Waals surface area (Å²) < 4.78 is 0.888. The van der Waals surface area contributed by atoms with Crippen molar-refractivity contribution in [1.82, 2.24) is 4.98 Å². The zero-order chi connectivity index (χ0) is 14.0. The number of amides is 1. The average molecular weight is 321 g/mol. The van der Waals surface area contributed by atoms with Crippen LogP contribution in [0.2, 0.25) is 0 Å². The third kappa shape index (κ3) is 2.93. The van der Waals surface area contributed by atoms with Crippen molar-refractivity contribution in [2.45, 2.75) is 13.8 Å². The number of carbonyl (C=O) groups excluding carboxylic acids is 1. The number of aromatic hydroxyl groups is 1. The highest BCUT2D eigenvalue weighted by atomic mass is 79.9. The predicted molar refractivity (Wildman–Crippen MR) is 77.5 cm³/mol. The molecule has 4 nitrogen and oxygen atoms in total. The van der Waals surface area contributed by atoms with E-state index >= 15 is 0 Å². The zero-order valence-corrected chi connectivity index (χ0v) is 12.2. The van der Waals surface area contributed by atoms with Crippen LogP contribution in [0.4, 0.5) is 5.82 Å². The molecule has 0 radical (unpaired) electrons. The van der Waals surface area contributed by atoms with Gasteiger partial charge in [0.05, 0.1) is 5.69 Å². The van der Waals surface area contributed by atoms with Crippen molar-refractivity contribution in [1.29, 1.82) is 0 Å². The molecule has 0 aliphatic carbocycles. The van der Waals surface area contributed by atoms with Gasteiger partial charge in [-0.1, -0.05) is 6.07 Å². The van der Waals surface area contributed by atoms with Crippen LogP contribution in [0.15, 0.2) is 34.8 Å². The van der Waals surface area contributed by atoms with E-state index in [1.165, 1.54) is 0 Å². The zero-order valence-electron chi connectivity index (χ0n) is 10.6. The highest BCUT2D eigenvalue weighted by molar-refractivity contribution is 9.10. The van der Waals surface area contributed by atoms with Crippen molar-refractivity contribution < 1.29 is 9.90 Å². The summed E-state index contributed by atoms with van der Waals surface area (Å²) in [5.41, 5.74) is 1.78. The van der Waals surface area contributed by atoms with Crippen molar-refractivity contribution in [2.24, 2.45) is 0 Å². The number of hydrogen-bond donors (Lipinski definition) is 2. The lowest BCUT2D eigenvalue weighted by Crippen LogP contribution is -2.14. The topological polar surface area (TPSA) is 62.2 Å². The van der Waals surface area contributed by atoms with Crippen LogP contribution in [0, 0.1) is 13.8 Å². The van der Waals surface area contributed by atoms with Gasteiger partial charge in [-0.25, -0.2) is 4.98 Å². The Labute approximate surface area is 119 Å². The summed E-state index contributed by atoms with van der Waals surface area (Å²) in [6.07, 6.45) is 0. The third-order valence-corrected chi connectivity index (χ3v) is 3.65. The van der Waals surface area contributed by atoms with E-state index in [0.29, 0.717) is 16.9 Å². The summed E-state index contributed by atoms with van der Waals surface area (Å²) in [6.45, 7) is 3.55. The third-order valence-electron chi connectivity index (χ3n) is 2.81. The number of aromatic nitrogens is 1. The molecule has 0 saturated carbocycles. The Bertz CT molecular complexity index is 641. The van der Waals surface area contributed by atoms with Gasteiger partial charge in [-0.3, -0.25) is 4.79 Å². The Kier molecular flexibility index (Phi) is 3.85. The Morgan fingerprint density at radius 3 is 2.68 bits per heavy atom. The molecule has 2 rings (SSSR count). The molecule has 0 fully saturated rings. The molecule has 0 atom stereocenters. The van der Waals surface area contributed by atoms with Crippen molar-refractivity contribution in [3.63, 3.8) is 0 Å². The van der Waals surface area contributed by atoms with Crippen LogP contribution in [0.1, 0.15) is 21.6 Å². The van der Waals surface area contributed by atoms with Gasteiger partial charge in [-0.05, 0) is 54.0 Å². The molecule has 0 aliphatic rings. The molecule has 1 aromatic carbocycles. The number of anilines is 1. The number of carbonyl (C=O) groups is 1. The lowest BCUT2D eigenvalue weighted by molar-refractivity contribution is 0.102. The van der Waals surface area contributed by atoms with Crippen LogP contribution in [-0.4, -0.2) is 16.0 Å². The van der Waals surface area contributed by atoms with Gasteiger partial charge in [0.2, 0.25) is 0 Å². The smallest absolute Gasteiger partial charge is 0.257 e. The first kappa shape index (κ1) is 13.5. The number of phenolic OH excluding ortho intramolecular Hbond substituents is 1. The molecule has 1 heterocycles. The molecular formula is C14H13BrN2O2. The van der Waals surface area contributed by atoms with E-state index in [1.807, 2.05) is 13.0 Å². The average Bonchev–Trinajstić information content (AvgIpc) is 2.37. The molecule has 19 heavy (non-hydrogen) atoms. The first-order valence-electron chi connectivity index (χ1n) is 5.72. The minimum Gasteiger partial charge on any atom is -0.508 e. The van der Waals surface area contributed by atoms with Crippen LogP contribution in [-0.2, 0) is 0 Å². The van der Waals surface area contributed by atoms with E-state index in [4.69, 9.17) is 0 Å². The molecule has 2 aromatic rings. The maximum Gasteiger partial charge on any atom is 0.257 e. The van der Waals surface area contributed by atoms with E-state index in [9.17, 15) is 9.90 Å². The van der Waals surface area contributed by atoms with Crippen molar-refractivity contribution >= 4 is 27.7 Å². The molecule has 5 heteroatoms. The fourth-order valence-electron chi connectivity index (χ4n) is 1.67. The summed E-state index contributed by atoms with van der Waals surface area (Å²) in [6, 6.07) is 8.39. The molecule has 1 amide bonds. The molecule has 2 N–H and O–H groups in total. The number of halogens is 1. The number of nitrogens with one attached hydrogen (secondary N) is 1. The Balaban J connectivity index is 2.26. The van der Waals surface area contributed by atoms with Gasteiger partial charge in [0.25, 0.3) is 5.91 Å². The van der Waals surface area contributed by atoms with E-state index in [1.54, 1.807) is 31.2 Å². The minimum absolute atomic E-state index is 0.104. The van der Waals surface area contributed by atoms with E-state index in [-0.39, 0.29) is 11.7 Å². The lowest BCUT2D eigenvalue weighted by atomic mass is 10.1. The van der Waals surface area contributed by atoms with Crippen LogP contribution >= 0.6 is 15.9 Å². The maximum atomic E-state index is 12.1. The summed E-state index contributed by atoms with van der Waals surface area (Å²) in [4.78, 5) is 16.4. The molecule has 0 spiro atoms. The lowest BCUT2D eigenvalue weighted by Gasteiger charge is -2.09. The fourth-order valence-corrected chi connectivity index (χ4v) is 1.89. The summed E-state index contributed by atoms with van der Waals surface area (Å²) in [5, 5.41) is 12.3. The van der Waals surface area contributed by atoms with Crippen molar-refractivity contribution in [3.05, 3.63) is 51.6 Å². The first-order valence-corrected chi connectivity index (χ1v) is 6.51. The van der Waals surface area contributed by atoms with Gasteiger partial charge in [-0.2, -0.15) is 0 Å². The number of rotatable bonds is 2. The van der Waals surface area contributed by atoms with Crippen molar-refractivity contribution in [3.8, 4) is 5.75 Å². The van der Waals surface area contributed by atoms with Crippen molar-refractivity contribution in [2.75, 3.05) is 5.32 Å². The number of phenols is 1. The molecule has 98 valence electrons. The largest absolute Gasteiger partial charge is 0.508 e. The van der Waals surface area contributed by atoms with E-state index in [2.05, 4.69) is 26.2 Å². The second kappa shape index (κ2) is 5.40. The minimum atomic E-state index is -0.289. The molecule has 1 aromatic heterocycles. The molecule has 0 unspecified atom stereocenters. The van der Waals surface area contributed by atoms with E-state index in [0.717, 1.165) is 10.2 Å². The second-order valence-electron chi connectivity index (χ2n) is 4.17. The highest BCUT2D eigenvalue weighted by Crippen LogP contribution is 2.21. The highest BCUT2D eigenvalue weighted by Gasteiger charge is 2.12. The maximum absolute atomic E-state index is 12.1. The Morgan fingerprint density at radius 1 is 1.26 bits per heavy atom. The van der Waals surface area contributed by atoms with Gasteiger partial charge in [-0.15, -0.1) is 0 Å². The molecule has 0 saturated heterocycles.